The molecule has 0 bridgehead atoms. The molecule has 1 aliphatic rings. The minimum atomic E-state index is -0.937. The van der Waals surface area contributed by atoms with Gasteiger partial charge in [0.1, 0.15) is 12.4 Å². The number of carboxylic acids is 1. The number of hydrogen-bond acceptors (Lipinski definition) is 3. The molecule has 1 aliphatic heterocycles. The fourth-order valence-electron chi connectivity index (χ4n) is 3.97. The first-order valence-corrected chi connectivity index (χ1v) is 10.3. The highest BCUT2D eigenvalue weighted by molar-refractivity contribution is 6.31. The molecule has 0 aromatic heterocycles. The van der Waals surface area contributed by atoms with Crippen LogP contribution in [0.15, 0.2) is 60.7 Å². The second-order valence-corrected chi connectivity index (χ2v) is 8.09. The third-order valence-corrected chi connectivity index (χ3v) is 6.09. The molecule has 0 fully saturated rings. The summed E-state index contributed by atoms with van der Waals surface area (Å²) in [5, 5.41) is 9.87. The van der Waals surface area contributed by atoms with Gasteiger partial charge >= 0.3 is 5.97 Å². The maximum Gasteiger partial charge on any atom is 0.305 e. The topological polar surface area (TPSA) is 66.8 Å². The van der Waals surface area contributed by atoms with E-state index in [9.17, 15) is 9.59 Å². The molecule has 0 aliphatic carbocycles. The van der Waals surface area contributed by atoms with Crippen LogP contribution in [0.1, 0.15) is 39.5 Å². The van der Waals surface area contributed by atoms with E-state index in [1.165, 1.54) is 4.90 Å². The largest absolute Gasteiger partial charge is 0.489 e. The van der Waals surface area contributed by atoms with Crippen LogP contribution < -0.4 is 4.74 Å². The number of carboxylic acid groups (broad SMARTS) is 1. The molecular weight excluding hydrogens is 414 g/mol. The van der Waals surface area contributed by atoms with Crippen molar-refractivity contribution in [3.63, 3.8) is 0 Å². The van der Waals surface area contributed by atoms with Crippen molar-refractivity contribution in [2.45, 2.75) is 26.0 Å². The standard InChI is InChI=1S/C25H22ClNO4/c1-15-19(7-4-8-22(15)26)17-6-3-5-16(11-17)14-31-18-9-10-20-21(12-18)25(30)27(2)23(20)13-24(28)29/h3-12,23H,13-14H2,1-2H3,(H,28,29)/t23-/m1/s1. The van der Waals surface area contributed by atoms with Crippen LogP contribution in [0, 0.1) is 6.92 Å². The summed E-state index contributed by atoms with van der Waals surface area (Å²) in [5.41, 5.74) is 5.37. The molecule has 3 aromatic rings. The molecule has 0 spiro atoms. The second kappa shape index (κ2) is 8.44. The van der Waals surface area contributed by atoms with Gasteiger partial charge in [-0.05, 0) is 59.0 Å². The molecular formula is C25H22ClNO4. The molecule has 5 nitrogen and oxygen atoms in total. The summed E-state index contributed by atoms with van der Waals surface area (Å²) < 4.78 is 5.95. The average molecular weight is 436 g/mol. The van der Waals surface area contributed by atoms with E-state index in [2.05, 4.69) is 6.07 Å². The minimum absolute atomic E-state index is 0.120. The van der Waals surface area contributed by atoms with Crippen LogP contribution in [-0.2, 0) is 11.4 Å². The third-order valence-electron chi connectivity index (χ3n) is 5.68. The molecule has 6 heteroatoms. The van der Waals surface area contributed by atoms with Gasteiger partial charge in [0.15, 0.2) is 0 Å². The van der Waals surface area contributed by atoms with Gasteiger partial charge in [0.2, 0.25) is 0 Å². The number of rotatable bonds is 6. The van der Waals surface area contributed by atoms with Crippen molar-refractivity contribution in [1.82, 2.24) is 4.90 Å². The van der Waals surface area contributed by atoms with Crippen molar-refractivity contribution in [3.05, 3.63) is 87.9 Å². The lowest BCUT2D eigenvalue weighted by molar-refractivity contribution is -0.138. The summed E-state index contributed by atoms with van der Waals surface area (Å²) in [6.07, 6.45) is -0.120. The van der Waals surface area contributed by atoms with Gasteiger partial charge in [-0.15, -0.1) is 0 Å². The maximum absolute atomic E-state index is 12.5. The van der Waals surface area contributed by atoms with Crippen LogP contribution in [0.4, 0.5) is 0 Å². The van der Waals surface area contributed by atoms with Gasteiger partial charge in [0.05, 0.1) is 12.5 Å². The fourth-order valence-corrected chi connectivity index (χ4v) is 4.14. The smallest absolute Gasteiger partial charge is 0.305 e. The van der Waals surface area contributed by atoms with Crippen LogP contribution in [0.25, 0.3) is 11.1 Å². The first-order chi connectivity index (χ1) is 14.8. The number of halogens is 1. The molecule has 0 saturated carbocycles. The van der Waals surface area contributed by atoms with Crippen LogP contribution in [0.5, 0.6) is 5.75 Å². The molecule has 0 saturated heterocycles. The Morgan fingerprint density at radius 1 is 1.10 bits per heavy atom. The monoisotopic (exact) mass is 435 g/mol. The number of nitrogens with zero attached hydrogens (tertiary/aromatic N) is 1. The molecule has 3 aromatic carbocycles. The Bertz CT molecular complexity index is 1170. The van der Waals surface area contributed by atoms with Gasteiger partial charge in [-0.1, -0.05) is 48.0 Å². The molecule has 0 radical (unpaired) electrons. The van der Waals surface area contributed by atoms with E-state index in [1.807, 2.05) is 43.3 Å². The Balaban J connectivity index is 1.53. The van der Waals surface area contributed by atoms with Gasteiger partial charge in [0.25, 0.3) is 5.91 Å². The third kappa shape index (κ3) is 4.14. The van der Waals surface area contributed by atoms with Crippen LogP contribution in [0.3, 0.4) is 0 Å². The summed E-state index contributed by atoms with van der Waals surface area (Å²) in [4.78, 5) is 25.2. The first kappa shape index (κ1) is 20.9. The van der Waals surface area contributed by atoms with Crippen LogP contribution >= 0.6 is 11.6 Å². The number of aliphatic carboxylic acids is 1. The van der Waals surface area contributed by atoms with E-state index >= 15 is 0 Å². The van der Waals surface area contributed by atoms with E-state index in [-0.39, 0.29) is 12.3 Å². The van der Waals surface area contributed by atoms with E-state index in [4.69, 9.17) is 21.4 Å². The summed E-state index contributed by atoms with van der Waals surface area (Å²) in [5.74, 6) is -0.557. The fraction of sp³-hybridized carbons (Fsp3) is 0.200. The van der Waals surface area contributed by atoms with Crippen molar-refractivity contribution in [1.29, 1.82) is 0 Å². The number of carbonyl (C=O) groups excluding carboxylic acids is 1. The molecule has 4 rings (SSSR count). The van der Waals surface area contributed by atoms with E-state index in [1.54, 1.807) is 25.2 Å². The van der Waals surface area contributed by atoms with Gasteiger partial charge in [-0.25, -0.2) is 0 Å². The predicted octanol–water partition coefficient (Wildman–Crippen LogP) is 5.50. The van der Waals surface area contributed by atoms with Crippen molar-refractivity contribution >= 4 is 23.5 Å². The number of fused-ring (bicyclic) bond motifs is 1. The summed E-state index contributed by atoms with van der Waals surface area (Å²) in [6, 6.07) is 18.7. The molecule has 1 amide bonds. The van der Waals surface area contributed by atoms with Crippen molar-refractivity contribution in [3.8, 4) is 16.9 Å². The zero-order valence-electron chi connectivity index (χ0n) is 17.3. The van der Waals surface area contributed by atoms with E-state index < -0.39 is 12.0 Å². The Hall–Kier alpha value is -3.31. The number of ether oxygens (including phenoxy) is 1. The summed E-state index contributed by atoms with van der Waals surface area (Å²) >= 11 is 6.26. The molecule has 1 heterocycles. The second-order valence-electron chi connectivity index (χ2n) is 7.68. The molecule has 1 atom stereocenters. The molecule has 31 heavy (non-hydrogen) atoms. The van der Waals surface area contributed by atoms with Crippen molar-refractivity contribution in [2.24, 2.45) is 0 Å². The minimum Gasteiger partial charge on any atom is -0.489 e. The van der Waals surface area contributed by atoms with Gasteiger partial charge in [-0.3, -0.25) is 9.59 Å². The number of hydrogen-bond donors (Lipinski definition) is 1. The van der Waals surface area contributed by atoms with E-state index in [0.717, 1.165) is 32.8 Å². The first-order valence-electron chi connectivity index (χ1n) is 9.95. The zero-order chi connectivity index (χ0) is 22.1. The summed E-state index contributed by atoms with van der Waals surface area (Å²) in [6.45, 7) is 2.34. The Kier molecular flexibility index (Phi) is 5.70. The van der Waals surface area contributed by atoms with Gasteiger partial charge in [0, 0.05) is 17.6 Å². The highest BCUT2D eigenvalue weighted by Crippen LogP contribution is 2.37. The lowest BCUT2D eigenvalue weighted by atomic mass is 9.99. The van der Waals surface area contributed by atoms with E-state index in [0.29, 0.717) is 17.9 Å². The molecule has 0 unspecified atom stereocenters. The lowest BCUT2D eigenvalue weighted by Gasteiger charge is -2.18. The van der Waals surface area contributed by atoms with Crippen molar-refractivity contribution < 1.29 is 19.4 Å². The number of carbonyl (C=O) groups is 2. The van der Waals surface area contributed by atoms with Gasteiger partial charge < -0.3 is 14.7 Å². The maximum atomic E-state index is 12.5. The Morgan fingerprint density at radius 3 is 2.65 bits per heavy atom. The summed E-state index contributed by atoms with van der Waals surface area (Å²) in [7, 11) is 1.62. The Morgan fingerprint density at radius 2 is 1.87 bits per heavy atom. The van der Waals surface area contributed by atoms with Crippen LogP contribution in [-0.4, -0.2) is 28.9 Å². The molecule has 1 N–H and O–H groups in total. The quantitative estimate of drug-likeness (QED) is 0.555. The molecule has 158 valence electrons. The zero-order valence-corrected chi connectivity index (χ0v) is 18.0. The average Bonchev–Trinajstić information content (AvgIpc) is 2.98. The SMILES string of the molecule is Cc1c(Cl)cccc1-c1cccc(COc2ccc3c(c2)C(=O)N(C)[C@@H]3CC(=O)O)c1. The van der Waals surface area contributed by atoms with Gasteiger partial charge in [-0.2, -0.15) is 0 Å². The normalized spacial score (nSPS) is 15.1. The van der Waals surface area contributed by atoms with Crippen LogP contribution in [0.2, 0.25) is 5.02 Å². The predicted molar refractivity (Wildman–Crippen MR) is 119 cm³/mol. The lowest BCUT2D eigenvalue weighted by Crippen LogP contribution is -2.24. The van der Waals surface area contributed by atoms with Crippen molar-refractivity contribution in [2.75, 3.05) is 7.05 Å². The Labute approximate surface area is 185 Å². The highest BCUT2D eigenvalue weighted by Gasteiger charge is 2.35. The number of benzene rings is 3. The number of amides is 1. The highest BCUT2D eigenvalue weighted by atomic mass is 35.5.